The minimum absolute atomic E-state index is 0.245. The molecule has 17 heavy (non-hydrogen) atoms. The van der Waals surface area contributed by atoms with Crippen LogP contribution in [0.1, 0.15) is 0 Å². The molecule has 0 saturated heterocycles. The minimum Gasteiger partial charge on any atom is -0.492 e. The van der Waals surface area contributed by atoms with Crippen molar-refractivity contribution in [3.63, 3.8) is 0 Å². The number of nitriles is 2. The third-order valence-electron chi connectivity index (χ3n) is 2.06. The van der Waals surface area contributed by atoms with E-state index in [-0.39, 0.29) is 13.1 Å². The van der Waals surface area contributed by atoms with Crippen LogP contribution < -0.4 is 4.74 Å². The maximum absolute atomic E-state index is 8.57. The van der Waals surface area contributed by atoms with E-state index in [0.717, 1.165) is 10.2 Å². The van der Waals surface area contributed by atoms with E-state index in [1.54, 1.807) is 4.90 Å². The molecule has 5 heteroatoms. The summed E-state index contributed by atoms with van der Waals surface area (Å²) in [6.45, 7) is 1.51. The number of halogens is 1. The first-order chi connectivity index (χ1) is 8.26. The van der Waals surface area contributed by atoms with Gasteiger partial charge in [-0.05, 0) is 18.2 Å². The Morgan fingerprint density at radius 2 is 1.94 bits per heavy atom. The molecule has 1 aromatic carbocycles. The van der Waals surface area contributed by atoms with Crippen molar-refractivity contribution in [1.29, 1.82) is 10.5 Å². The third-order valence-corrected chi connectivity index (χ3v) is 2.55. The lowest BCUT2D eigenvalue weighted by molar-refractivity contribution is 0.239. The molecule has 4 nitrogen and oxygen atoms in total. The molecule has 1 aromatic rings. The number of benzene rings is 1. The maximum atomic E-state index is 8.57. The van der Waals surface area contributed by atoms with Gasteiger partial charge in [-0.25, -0.2) is 0 Å². The summed E-state index contributed by atoms with van der Waals surface area (Å²) < 4.78 is 6.48. The van der Waals surface area contributed by atoms with Crippen LogP contribution in [0.25, 0.3) is 0 Å². The number of hydrogen-bond acceptors (Lipinski definition) is 4. The van der Waals surface area contributed by atoms with Crippen LogP contribution in [0.15, 0.2) is 28.7 Å². The van der Waals surface area contributed by atoms with E-state index in [2.05, 4.69) is 15.9 Å². The SMILES string of the molecule is N#CCN(CC#N)CCOc1cccc(Br)c1. The van der Waals surface area contributed by atoms with Gasteiger partial charge in [-0.2, -0.15) is 10.5 Å². The normalized spacial score (nSPS) is 9.65. The van der Waals surface area contributed by atoms with Crippen LogP contribution in [0.2, 0.25) is 0 Å². The maximum Gasteiger partial charge on any atom is 0.120 e. The zero-order valence-electron chi connectivity index (χ0n) is 9.27. The summed E-state index contributed by atoms with van der Waals surface area (Å²) in [5, 5.41) is 17.1. The summed E-state index contributed by atoms with van der Waals surface area (Å²) >= 11 is 3.36. The van der Waals surface area contributed by atoms with Crippen LogP contribution in [0.5, 0.6) is 5.75 Å². The molecule has 0 aliphatic rings. The zero-order valence-corrected chi connectivity index (χ0v) is 10.9. The Morgan fingerprint density at radius 1 is 1.24 bits per heavy atom. The summed E-state index contributed by atoms with van der Waals surface area (Å²) in [5.74, 6) is 0.772. The highest BCUT2D eigenvalue weighted by atomic mass is 79.9. The average Bonchev–Trinajstić information content (AvgIpc) is 2.30. The molecule has 0 saturated carbocycles. The predicted octanol–water partition coefficient (Wildman–Crippen LogP) is 2.18. The van der Waals surface area contributed by atoms with Gasteiger partial charge in [0.1, 0.15) is 12.4 Å². The molecular formula is C12H12BrN3O. The number of ether oxygens (including phenoxy) is 1. The molecule has 0 amide bonds. The summed E-state index contributed by atoms with van der Waals surface area (Å²) in [4.78, 5) is 1.73. The van der Waals surface area contributed by atoms with E-state index in [4.69, 9.17) is 15.3 Å². The van der Waals surface area contributed by atoms with Gasteiger partial charge in [0.25, 0.3) is 0 Å². The quantitative estimate of drug-likeness (QED) is 0.754. The molecule has 0 aliphatic heterocycles. The highest BCUT2D eigenvalue weighted by Gasteiger charge is 2.03. The van der Waals surface area contributed by atoms with Gasteiger partial charge in [-0.1, -0.05) is 22.0 Å². The Kier molecular flexibility index (Phi) is 6.09. The summed E-state index contributed by atoms with van der Waals surface area (Å²) in [6, 6.07) is 11.6. The Bertz CT molecular complexity index is 420. The Hall–Kier alpha value is -1.56. The molecule has 1 rings (SSSR count). The van der Waals surface area contributed by atoms with E-state index in [9.17, 15) is 0 Å². The van der Waals surface area contributed by atoms with Crippen molar-refractivity contribution >= 4 is 15.9 Å². The predicted molar refractivity (Wildman–Crippen MR) is 67.3 cm³/mol. The summed E-state index contributed by atoms with van der Waals surface area (Å²) in [5.41, 5.74) is 0. The van der Waals surface area contributed by atoms with Crippen molar-refractivity contribution in [1.82, 2.24) is 4.90 Å². The Labute approximate surface area is 109 Å². The lowest BCUT2D eigenvalue weighted by Crippen LogP contribution is -2.29. The first-order valence-electron chi connectivity index (χ1n) is 5.11. The van der Waals surface area contributed by atoms with Gasteiger partial charge in [0, 0.05) is 11.0 Å². The fourth-order valence-corrected chi connectivity index (χ4v) is 1.64. The van der Waals surface area contributed by atoms with E-state index < -0.39 is 0 Å². The number of nitrogens with zero attached hydrogens (tertiary/aromatic N) is 3. The lowest BCUT2D eigenvalue weighted by Gasteiger charge is -2.15. The minimum atomic E-state index is 0.245. The second kappa shape index (κ2) is 7.67. The highest BCUT2D eigenvalue weighted by molar-refractivity contribution is 9.10. The van der Waals surface area contributed by atoms with Crippen molar-refractivity contribution in [2.75, 3.05) is 26.2 Å². The fraction of sp³-hybridized carbons (Fsp3) is 0.333. The molecule has 0 bridgehead atoms. The van der Waals surface area contributed by atoms with Crippen LogP contribution in [0.4, 0.5) is 0 Å². The molecule has 0 aliphatic carbocycles. The van der Waals surface area contributed by atoms with Crippen molar-refractivity contribution in [3.8, 4) is 17.9 Å². The van der Waals surface area contributed by atoms with Crippen LogP contribution in [0.3, 0.4) is 0 Å². The van der Waals surface area contributed by atoms with Crippen LogP contribution in [-0.4, -0.2) is 31.1 Å². The van der Waals surface area contributed by atoms with Crippen LogP contribution >= 0.6 is 15.9 Å². The smallest absolute Gasteiger partial charge is 0.120 e. The zero-order chi connectivity index (χ0) is 12.5. The molecule has 0 aromatic heterocycles. The molecule has 0 radical (unpaired) electrons. The Morgan fingerprint density at radius 3 is 2.53 bits per heavy atom. The Balaban J connectivity index is 2.36. The van der Waals surface area contributed by atoms with Gasteiger partial charge in [0.05, 0.1) is 25.2 Å². The van der Waals surface area contributed by atoms with Gasteiger partial charge in [-0.15, -0.1) is 0 Å². The third kappa shape index (κ3) is 5.35. The topological polar surface area (TPSA) is 60.0 Å². The lowest BCUT2D eigenvalue weighted by atomic mass is 10.3. The molecule has 88 valence electrons. The molecule has 0 spiro atoms. The van der Waals surface area contributed by atoms with Crippen LogP contribution in [0, 0.1) is 22.7 Å². The second-order valence-electron chi connectivity index (χ2n) is 3.33. The highest BCUT2D eigenvalue weighted by Crippen LogP contribution is 2.17. The van der Waals surface area contributed by atoms with Crippen molar-refractivity contribution in [3.05, 3.63) is 28.7 Å². The van der Waals surface area contributed by atoms with E-state index in [1.165, 1.54) is 0 Å². The van der Waals surface area contributed by atoms with Crippen LogP contribution in [-0.2, 0) is 0 Å². The van der Waals surface area contributed by atoms with Crippen molar-refractivity contribution in [2.24, 2.45) is 0 Å². The second-order valence-corrected chi connectivity index (χ2v) is 4.25. The van der Waals surface area contributed by atoms with E-state index in [0.29, 0.717) is 13.2 Å². The van der Waals surface area contributed by atoms with Crippen molar-refractivity contribution < 1.29 is 4.74 Å². The first kappa shape index (κ1) is 13.5. The molecular weight excluding hydrogens is 282 g/mol. The van der Waals surface area contributed by atoms with Gasteiger partial charge >= 0.3 is 0 Å². The molecule has 0 N–H and O–H groups in total. The molecule has 0 unspecified atom stereocenters. The fourth-order valence-electron chi connectivity index (χ4n) is 1.26. The molecule has 0 fully saturated rings. The average molecular weight is 294 g/mol. The molecule has 0 atom stereocenters. The number of rotatable bonds is 6. The number of hydrogen-bond donors (Lipinski definition) is 0. The van der Waals surface area contributed by atoms with Gasteiger partial charge in [0.15, 0.2) is 0 Å². The molecule has 0 heterocycles. The van der Waals surface area contributed by atoms with E-state index >= 15 is 0 Å². The summed E-state index contributed by atoms with van der Waals surface area (Å²) in [7, 11) is 0. The standard InChI is InChI=1S/C12H12BrN3O/c13-11-2-1-3-12(10-11)17-9-8-16(6-4-14)7-5-15/h1-3,10H,6-9H2. The van der Waals surface area contributed by atoms with Gasteiger partial charge in [-0.3, -0.25) is 4.90 Å². The first-order valence-corrected chi connectivity index (χ1v) is 5.90. The van der Waals surface area contributed by atoms with E-state index in [1.807, 2.05) is 36.4 Å². The van der Waals surface area contributed by atoms with Gasteiger partial charge in [0.2, 0.25) is 0 Å². The van der Waals surface area contributed by atoms with Crippen molar-refractivity contribution in [2.45, 2.75) is 0 Å². The monoisotopic (exact) mass is 293 g/mol. The van der Waals surface area contributed by atoms with Gasteiger partial charge < -0.3 is 4.74 Å². The summed E-state index contributed by atoms with van der Waals surface area (Å²) in [6.07, 6.45) is 0. The largest absolute Gasteiger partial charge is 0.492 e.